The Hall–Kier alpha value is -0.883. The van der Waals surface area contributed by atoms with Gasteiger partial charge in [0.05, 0.1) is 7.11 Å². The predicted octanol–water partition coefficient (Wildman–Crippen LogP) is 1.32. The number of carbonyl (C=O) groups is 2. The summed E-state index contributed by atoms with van der Waals surface area (Å²) in [6, 6.07) is 0. The molecule has 0 saturated carbocycles. The minimum atomic E-state index is -1.55. The Morgan fingerprint density at radius 2 is 1.79 bits per heavy atom. The average molecular weight is 287 g/mol. The molecule has 1 aliphatic rings. The molecule has 0 bridgehead atoms. The van der Waals surface area contributed by atoms with Gasteiger partial charge in [-0.1, -0.05) is 0 Å². The molecule has 0 N–H and O–H groups in total. The van der Waals surface area contributed by atoms with Gasteiger partial charge in [-0.3, -0.25) is 9.69 Å². The number of hydrogen-bond donors (Lipinski definition) is 0. The highest BCUT2D eigenvalue weighted by atomic mass is 28.3. The first-order valence-corrected chi connectivity index (χ1v) is 9.51. The van der Waals surface area contributed by atoms with Crippen molar-refractivity contribution in [1.29, 1.82) is 0 Å². The van der Waals surface area contributed by atoms with Crippen LogP contribution in [0, 0.1) is 0 Å². The van der Waals surface area contributed by atoms with E-state index in [1.54, 1.807) is 0 Å². The van der Waals surface area contributed by atoms with E-state index < -0.39 is 26.5 Å². The van der Waals surface area contributed by atoms with Crippen molar-refractivity contribution in [2.75, 3.05) is 13.7 Å². The van der Waals surface area contributed by atoms with Crippen LogP contribution in [0.1, 0.15) is 33.6 Å². The van der Waals surface area contributed by atoms with Gasteiger partial charge in [0, 0.05) is 12.1 Å². The van der Waals surface area contributed by atoms with Gasteiger partial charge in [0.1, 0.15) is 0 Å². The van der Waals surface area contributed by atoms with Crippen LogP contribution in [0.5, 0.6) is 0 Å². The summed E-state index contributed by atoms with van der Waals surface area (Å²) in [5, 5.41) is 0. The molecule has 0 aliphatic carbocycles. The molecule has 1 heterocycles. The third-order valence-corrected chi connectivity index (χ3v) is 4.08. The van der Waals surface area contributed by atoms with Crippen LogP contribution >= 0.6 is 0 Å². The molecule has 1 fully saturated rings. The second-order valence-corrected chi connectivity index (χ2v) is 8.57. The summed E-state index contributed by atoms with van der Waals surface area (Å²) in [5.74, 6) is -0.937. The van der Waals surface area contributed by atoms with E-state index >= 15 is 0 Å². The van der Waals surface area contributed by atoms with Gasteiger partial charge in [-0.15, -0.1) is 0 Å². The second kappa shape index (κ2) is 5.62. The molecule has 6 heteroatoms. The Balaban J connectivity index is 3.20. The monoisotopic (exact) mass is 287 g/mol. The lowest BCUT2D eigenvalue weighted by atomic mass is 9.92. The van der Waals surface area contributed by atoms with Crippen molar-refractivity contribution in [3.63, 3.8) is 0 Å². The molecule has 110 valence electrons. The molecule has 1 unspecified atom stereocenters. The third-order valence-electron chi connectivity index (χ3n) is 3.39. The van der Waals surface area contributed by atoms with Crippen molar-refractivity contribution in [1.82, 2.24) is 4.90 Å². The Bertz CT molecular complexity index is 364. The number of esters is 1. The Kier molecular flexibility index (Phi) is 4.79. The fraction of sp³-hybridized carbons (Fsp3) is 0.846. The smallest absolute Gasteiger partial charge is 0.337 e. The number of nitrogens with zero attached hydrogens (tertiary/aromatic N) is 1. The van der Waals surface area contributed by atoms with Gasteiger partial charge in [-0.25, -0.2) is 4.79 Å². The summed E-state index contributed by atoms with van der Waals surface area (Å²) in [4.78, 5) is 26.7. The minimum Gasteiger partial charge on any atom is -0.521 e. The van der Waals surface area contributed by atoms with E-state index in [9.17, 15) is 9.59 Å². The maximum atomic E-state index is 12.5. The van der Waals surface area contributed by atoms with Crippen molar-refractivity contribution in [3.05, 3.63) is 0 Å². The van der Waals surface area contributed by atoms with Crippen molar-refractivity contribution < 1.29 is 18.8 Å². The van der Waals surface area contributed by atoms with Crippen LogP contribution in [0.15, 0.2) is 0 Å². The molecule has 0 amide bonds. The molecule has 19 heavy (non-hydrogen) atoms. The predicted molar refractivity (Wildman–Crippen MR) is 75.4 cm³/mol. The lowest BCUT2D eigenvalue weighted by Gasteiger charge is -2.42. The quantitative estimate of drug-likeness (QED) is 0.445. The van der Waals surface area contributed by atoms with E-state index in [1.807, 2.05) is 38.8 Å². The number of methoxy groups -OCH3 is 1. The van der Waals surface area contributed by atoms with Crippen LogP contribution in [-0.4, -0.2) is 50.6 Å². The van der Waals surface area contributed by atoms with E-state index in [0.29, 0.717) is 13.0 Å². The highest BCUT2D eigenvalue weighted by Crippen LogP contribution is 2.37. The van der Waals surface area contributed by atoms with E-state index in [1.165, 1.54) is 7.11 Å². The molecule has 0 aromatic heterocycles. The molecule has 1 atom stereocenters. The number of hydrogen-bond acceptors (Lipinski definition) is 5. The summed E-state index contributed by atoms with van der Waals surface area (Å²) >= 11 is 0. The van der Waals surface area contributed by atoms with Crippen LogP contribution in [0.2, 0.25) is 13.1 Å². The number of rotatable bonds is 3. The van der Waals surface area contributed by atoms with Gasteiger partial charge < -0.3 is 9.16 Å². The van der Waals surface area contributed by atoms with Crippen molar-refractivity contribution in [2.45, 2.75) is 57.8 Å². The summed E-state index contributed by atoms with van der Waals surface area (Å²) in [5.41, 5.74) is -1.55. The zero-order chi connectivity index (χ0) is 14.8. The van der Waals surface area contributed by atoms with Crippen LogP contribution in [0.25, 0.3) is 0 Å². The zero-order valence-corrected chi connectivity index (χ0v) is 13.9. The summed E-state index contributed by atoms with van der Waals surface area (Å²) in [7, 11) is -0.223. The molecule has 0 radical (unpaired) electrons. The normalized spacial score (nSPS) is 24.6. The maximum Gasteiger partial charge on any atom is 0.337 e. The Labute approximate surface area is 117 Å². The standard InChI is InChI=1S/C13H25NO4Si/c1-12(2,3)14-9-7-8-13(14,10(15)17-4)11(16)18-19(5)6/h19H,7-9H2,1-6H3. The molecular formula is C13H25NO4Si. The van der Waals surface area contributed by atoms with Gasteiger partial charge in [-0.05, 0) is 46.7 Å². The highest BCUT2D eigenvalue weighted by Gasteiger charge is 2.58. The number of likely N-dealkylation sites (tertiary alicyclic amines) is 1. The molecule has 1 saturated heterocycles. The zero-order valence-electron chi connectivity index (χ0n) is 12.8. The topological polar surface area (TPSA) is 55.8 Å². The fourth-order valence-electron chi connectivity index (χ4n) is 2.72. The maximum absolute atomic E-state index is 12.5. The molecule has 0 aromatic rings. The average Bonchev–Trinajstić information content (AvgIpc) is 2.72. The Morgan fingerprint density at radius 3 is 2.21 bits per heavy atom. The van der Waals surface area contributed by atoms with Crippen molar-refractivity contribution in [3.8, 4) is 0 Å². The Morgan fingerprint density at radius 1 is 1.21 bits per heavy atom. The van der Waals surface area contributed by atoms with Gasteiger partial charge in [0.2, 0.25) is 14.6 Å². The first kappa shape index (κ1) is 16.2. The molecular weight excluding hydrogens is 262 g/mol. The highest BCUT2D eigenvalue weighted by molar-refractivity contribution is 6.51. The first-order chi connectivity index (χ1) is 8.66. The molecule has 0 aromatic carbocycles. The fourth-order valence-corrected chi connectivity index (χ4v) is 3.34. The molecule has 5 nitrogen and oxygen atoms in total. The van der Waals surface area contributed by atoms with Crippen molar-refractivity contribution >= 4 is 21.0 Å². The minimum absolute atomic E-state index is 0.289. The largest absolute Gasteiger partial charge is 0.521 e. The van der Waals surface area contributed by atoms with Crippen LogP contribution in [0.4, 0.5) is 0 Å². The molecule has 1 aliphatic heterocycles. The van der Waals surface area contributed by atoms with Crippen LogP contribution < -0.4 is 0 Å². The van der Waals surface area contributed by atoms with E-state index in [0.717, 1.165) is 6.42 Å². The first-order valence-electron chi connectivity index (χ1n) is 6.73. The number of carbonyl (C=O) groups excluding carboxylic acids is 2. The second-order valence-electron chi connectivity index (χ2n) is 6.23. The lowest BCUT2D eigenvalue weighted by molar-refractivity contribution is -0.170. The van der Waals surface area contributed by atoms with E-state index in [2.05, 4.69) is 0 Å². The van der Waals surface area contributed by atoms with Gasteiger partial charge in [0.25, 0.3) is 0 Å². The molecule has 1 rings (SSSR count). The number of ether oxygens (including phenoxy) is 1. The molecule has 0 spiro atoms. The van der Waals surface area contributed by atoms with Crippen LogP contribution in [-0.2, 0) is 18.8 Å². The van der Waals surface area contributed by atoms with Crippen molar-refractivity contribution in [2.24, 2.45) is 0 Å². The van der Waals surface area contributed by atoms with E-state index in [-0.39, 0.29) is 5.54 Å². The third kappa shape index (κ3) is 3.00. The SMILES string of the molecule is COC(=O)C1(C(=O)O[SiH](C)C)CCCN1C(C)(C)C. The van der Waals surface area contributed by atoms with Crippen LogP contribution in [0.3, 0.4) is 0 Å². The van der Waals surface area contributed by atoms with E-state index in [4.69, 9.17) is 9.16 Å². The summed E-state index contributed by atoms with van der Waals surface area (Å²) in [6.07, 6.45) is 1.26. The van der Waals surface area contributed by atoms with Gasteiger partial charge in [-0.2, -0.15) is 0 Å². The van der Waals surface area contributed by atoms with Gasteiger partial charge in [0.15, 0.2) is 0 Å². The lowest BCUT2D eigenvalue weighted by Crippen LogP contribution is -2.63. The summed E-state index contributed by atoms with van der Waals surface area (Å²) < 4.78 is 10.3. The summed E-state index contributed by atoms with van der Waals surface area (Å²) in [6.45, 7) is 10.5. The van der Waals surface area contributed by atoms with Gasteiger partial charge >= 0.3 is 11.9 Å².